The number of nitrogens with zero attached hydrogens (tertiary/aromatic N) is 3. The van der Waals surface area contributed by atoms with Crippen LogP contribution in [0, 0.1) is 6.92 Å². The van der Waals surface area contributed by atoms with E-state index >= 15 is 0 Å². The minimum atomic E-state index is -0.0565. The molecule has 0 amide bonds. The minimum absolute atomic E-state index is 0.0565. The van der Waals surface area contributed by atoms with Gasteiger partial charge in [0.05, 0.1) is 11.2 Å². The van der Waals surface area contributed by atoms with Crippen LogP contribution in [0.2, 0.25) is 0 Å². The van der Waals surface area contributed by atoms with Crippen molar-refractivity contribution in [3.63, 3.8) is 0 Å². The average Bonchev–Trinajstić information content (AvgIpc) is 2.45. The van der Waals surface area contributed by atoms with Crippen LogP contribution in [-0.2, 0) is 0 Å². The molecule has 0 spiro atoms. The molecule has 3 rings (SSSR count). The molecule has 0 saturated heterocycles. The molecular formula is C18H21N5. The van der Waals surface area contributed by atoms with E-state index in [9.17, 15) is 0 Å². The van der Waals surface area contributed by atoms with Gasteiger partial charge in [-0.1, -0.05) is 18.2 Å². The second-order valence-corrected chi connectivity index (χ2v) is 6.57. The first-order valence-electron chi connectivity index (χ1n) is 7.65. The van der Waals surface area contributed by atoms with E-state index in [4.69, 9.17) is 0 Å². The van der Waals surface area contributed by atoms with E-state index in [0.29, 0.717) is 0 Å². The second kappa shape index (κ2) is 5.83. The second-order valence-electron chi connectivity index (χ2n) is 6.57. The Kier molecular flexibility index (Phi) is 3.86. The number of rotatable bonds is 3. The molecule has 0 aliphatic rings. The van der Waals surface area contributed by atoms with E-state index in [2.05, 4.69) is 46.4 Å². The first kappa shape index (κ1) is 15.2. The molecule has 5 heteroatoms. The molecule has 2 aromatic heterocycles. The maximum Gasteiger partial charge on any atom is 0.136 e. The van der Waals surface area contributed by atoms with Gasteiger partial charge >= 0.3 is 0 Å². The number of pyridine rings is 1. The molecule has 118 valence electrons. The van der Waals surface area contributed by atoms with Crippen molar-refractivity contribution in [2.75, 3.05) is 10.6 Å². The summed E-state index contributed by atoms with van der Waals surface area (Å²) in [5, 5.41) is 7.83. The van der Waals surface area contributed by atoms with Gasteiger partial charge in [0, 0.05) is 23.2 Å². The van der Waals surface area contributed by atoms with Crippen molar-refractivity contribution in [3.05, 3.63) is 48.4 Å². The van der Waals surface area contributed by atoms with Crippen molar-refractivity contribution in [2.45, 2.75) is 33.2 Å². The zero-order chi connectivity index (χ0) is 16.4. The zero-order valence-corrected chi connectivity index (χ0v) is 13.9. The van der Waals surface area contributed by atoms with Crippen LogP contribution in [0.4, 0.5) is 17.3 Å². The summed E-state index contributed by atoms with van der Waals surface area (Å²) in [5.41, 5.74) is 1.80. The maximum absolute atomic E-state index is 4.48. The largest absolute Gasteiger partial charge is 0.365 e. The molecule has 0 saturated carbocycles. The number of para-hydroxylation sites is 1. The lowest BCUT2D eigenvalue weighted by molar-refractivity contribution is 0.629. The molecule has 0 radical (unpaired) electrons. The number of aryl methyl sites for hydroxylation is 1. The molecule has 5 nitrogen and oxygen atoms in total. The van der Waals surface area contributed by atoms with Gasteiger partial charge in [-0.05, 0) is 39.8 Å². The third-order valence-corrected chi connectivity index (χ3v) is 3.24. The average molecular weight is 307 g/mol. The SMILES string of the molecule is Cc1nc(Nc2cccc3cccnc23)cc(NC(C)(C)C)n1. The van der Waals surface area contributed by atoms with E-state index in [1.165, 1.54) is 0 Å². The van der Waals surface area contributed by atoms with E-state index in [-0.39, 0.29) is 5.54 Å². The summed E-state index contributed by atoms with van der Waals surface area (Å²) in [6.07, 6.45) is 1.80. The Morgan fingerprint density at radius 2 is 1.70 bits per heavy atom. The van der Waals surface area contributed by atoms with Crippen molar-refractivity contribution in [2.24, 2.45) is 0 Å². The Morgan fingerprint density at radius 1 is 0.957 bits per heavy atom. The number of benzene rings is 1. The van der Waals surface area contributed by atoms with Crippen molar-refractivity contribution in [1.29, 1.82) is 0 Å². The summed E-state index contributed by atoms with van der Waals surface area (Å²) >= 11 is 0. The fourth-order valence-corrected chi connectivity index (χ4v) is 2.42. The highest BCUT2D eigenvalue weighted by atomic mass is 15.1. The molecule has 2 N–H and O–H groups in total. The maximum atomic E-state index is 4.48. The van der Waals surface area contributed by atoms with Crippen molar-refractivity contribution in [1.82, 2.24) is 15.0 Å². The van der Waals surface area contributed by atoms with Gasteiger partial charge in [-0.3, -0.25) is 4.98 Å². The number of nitrogens with one attached hydrogen (secondary N) is 2. The molecule has 0 fully saturated rings. The van der Waals surface area contributed by atoms with Crippen LogP contribution in [0.3, 0.4) is 0 Å². The normalized spacial score (nSPS) is 11.5. The van der Waals surface area contributed by atoms with Crippen LogP contribution < -0.4 is 10.6 Å². The Morgan fingerprint density at radius 3 is 2.48 bits per heavy atom. The molecule has 0 atom stereocenters. The molecule has 0 bridgehead atoms. The first-order chi connectivity index (χ1) is 10.9. The summed E-state index contributed by atoms with van der Waals surface area (Å²) in [4.78, 5) is 13.4. The Labute approximate surface area is 136 Å². The summed E-state index contributed by atoms with van der Waals surface area (Å²) in [6, 6.07) is 12.0. The standard InChI is InChI=1S/C18H21N5/c1-12-20-15(11-16(21-12)23-18(2,3)4)22-14-9-5-7-13-8-6-10-19-17(13)14/h5-11H,1-4H3,(H2,20,21,22,23). The van der Waals surface area contributed by atoms with E-state index in [1.807, 2.05) is 43.3 Å². The van der Waals surface area contributed by atoms with Crippen LogP contribution in [0.15, 0.2) is 42.6 Å². The lowest BCUT2D eigenvalue weighted by atomic mass is 10.1. The molecular weight excluding hydrogens is 286 g/mol. The molecule has 0 unspecified atom stereocenters. The third kappa shape index (κ3) is 3.74. The Hall–Kier alpha value is -2.69. The van der Waals surface area contributed by atoms with Crippen LogP contribution in [0.25, 0.3) is 10.9 Å². The molecule has 23 heavy (non-hydrogen) atoms. The van der Waals surface area contributed by atoms with Crippen molar-refractivity contribution in [3.8, 4) is 0 Å². The number of fused-ring (bicyclic) bond motifs is 1. The number of hydrogen-bond donors (Lipinski definition) is 2. The Bertz CT molecular complexity index is 831. The van der Waals surface area contributed by atoms with Gasteiger partial charge in [0.1, 0.15) is 17.5 Å². The lowest BCUT2D eigenvalue weighted by Gasteiger charge is -2.21. The fourth-order valence-electron chi connectivity index (χ4n) is 2.42. The number of anilines is 3. The van der Waals surface area contributed by atoms with Crippen LogP contribution >= 0.6 is 0 Å². The third-order valence-electron chi connectivity index (χ3n) is 3.24. The Balaban J connectivity index is 1.96. The van der Waals surface area contributed by atoms with Gasteiger partial charge in [0.25, 0.3) is 0 Å². The number of hydrogen-bond acceptors (Lipinski definition) is 5. The van der Waals surface area contributed by atoms with E-state index < -0.39 is 0 Å². The smallest absolute Gasteiger partial charge is 0.136 e. The summed E-state index contributed by atoms with van der Waals surface area (Å²) in [7, 11) is 0. The molecule has 0 aliphatic carbocycles. The predicted octanol–water partition coefficient (Wildman–Crippen LogP) is 4.29. The zero-order valence-electron chi connectivity index (χ0n) is 13.9. The van der Waals surface area contributed by atoms with E-state index in [1.54, 1.807) is 6.20 Å². The van der Waals surface area contributed by atoms with Crippen LogP contribution in [-0.4, -0.2) is 20.5 Å². The molecule has 1 aromatic carbocycles. The monoisotopic (exact) mass is 307 g/mol. The molecule has 3 aromatic rings. The predicted molar refractivity (Wildman–Crippen MR) is 95.2 cm³/mol. The summed E-state index contributed by atoms with van der Waals surface area (Å²) in [6.45, 7) is 8.20. The molecule has 0 aliphatic heterocycles. The van der Waals surface area contributed by atoms with Gasteiger partial charge in [0.15, 0.2) is 0 Å². The molecule has 2 heterocycles. The quantitative estimate of drug-likeness (QED) is 0.756. The lowest BCUT2D eigenvalue weighted by Crippen LogP contribution is -2.26. The topological polar surface area (TPSA) is 62.7 Å². The fraction of sp³-hybridized carbons (Fsp3) is 0.278. The summed E-state index contributed by atoms with van der Waals surface area (Å²) < 4.78 is 0. The van der Waals surface area contributed by atoms with Crippen LogP contribution in [0.1, 0.15) is 26.6 Å². The van der Waals surface area contributed by atoms with Crippen LogP contribution in [0.5, 0.6) is 0 Å². The highest BCUT2D eigenvalue weighted by Crippen LogP contribution is 2.25. The van der Waals surface area contributed by atoms with Gasteiger partial charge in [0.2, 0.25) is 0 Å². The van der Waals surface area contributed by atoms with Crippen molar-refractivity contribution < 1.29 is 0 Å². The summed E-state index contributed by atoms with van der Waals surface area (Å²) in [5.74, 6) is 2.28. The van der Waals surface area contributed by atoms with E-state index in [0.717, 1.165) is 34.1 Å². The minimum Gasteiger partial charge on any atom is -0.365 e. The van der Waals surface area contributed by atoms with Crippen molar-refractivity contribution >= 4 is 28.2 Å². The van der Waals surface area contributed by atoms with Gasteiger partial charge < -0.3 is 10.6 Å². The van der Waals surface area contributed by atoms with Gasteiger partial charge in [-0.25, -0.2) is 9.97 Å². The van der Waals surface area contributed by atoms with Gasteiger partial charge in [-0.2, -0.15) is 0 Å². The first-order valence-corrected chi connectivity index (χ1v) is 7.65. The number of aromatic nitrogens is 3. The van der Waals surface area contributed by atoms with Gasteiger partial charge in [-0.15, -0.1) is 0 Å². The highest BCUT2D eigenvalue weighted by molar-refractivity contribution is 5.91. The highest BCUT2D eigenvalue weighted by Gasteiger charge is 2.12.